The third-order valence-corrected chi connectivity index (χ3v) is 5.45. The minimum Gasteiger partial charge on any atom is -0.465 e. The zero-order chi connectivity index (χ0) is 18.8. The monoisotopic (exact) mass is 383 g/mol. The minimum absolute atomic E-state index is 0.290. The predicted molar refractivity (Wildman–Crippen MR) is 101 cm³/mol. The number of methoxy groups -OCH3 is 1. The third-order valence-electron chi connectivity index (χ3n) is 4.43. The normalized spacial score (nSPS) is 13.6. The van der Waals surface area contributed by atoms with Crippen molar-refractivity contribution < 1.29 is 13.9 Å². The Hall–Kier alpha value is -2.67. The molecule has 1 aromatic heterocycles. The average molecular weight is 383 g/mol. The van der Waals surface area contributed by atoms with E-state index >= 15 is 0 Å². The number of carbonyl (C=O) groups excluding carboxylic acids is 1. The van der Waals surface area contributed by atoms with Crippen molar-refractivity contribution >= 4 is 17.7 Å². The van der Waals surface area contributed by atoms with Gasteiger partial charge in [-0.15, -0.1) is 10.2 Å². The highest BCUT2D eigenvalue weighted by Crippen LogP contribution is 2.41. The number of hydrogen-bond acceptors (Lipinski definition) is 5. The van der Waals surface area contributed by atoms with Crippen molar-refractivity contribution in [2.24, 2.45) is 0 Å². The third kappa shape index (κ3) is 3.73. The van der Waals surface area contributed by atoms with Gasteiger partial charge in [0.05, 0.1) is 18.2 Å². The van der Waals surface area contributed by atoms with Gasteiger partial charge in [0.15, 0.2) is 11.0 Å². The summed E-state index contributed by atoms with van der Waals surface area (Å²) in [6.07, 6.45) is 2.11. The van der Waals surface area contributed by atoms with Gasteiger partial charge in [0.2, 0.25) is 0 Å². The van der Waals surface area contributed by atoms with Crippen molar-refractivity contribution in [2.45, 2.75) is 29.8 Å². The lowest BCUT2D eigenvalue weighted by molar-refractivity contribution is 0.0600. The fourth-order valence-corrected chi connectivity index (χ4v) is 3.83. The van der Waals surface area contributed by atoms with E-state index in [0.29, 0.717) is 28.7 Å². The van der Waals surface area contributed by atoms with Crippen molar-refractivity contribution in [2.75, 3.05) is 7.11 Å². The van der Waals surface area contributed by atoms with Gasteiger partial charge >= 0.3 is 5.97 Å². The summed E-state index contributed by atoms with van der Waals surface area (Å²) >= 11 is 1.56. The van der Waals surface area contributed by atoms with E-state index in [-0.39, 0.29) is 11.8 Å². The summed E-state index contributed by atoms with van der Waals surface area (Å²) in [6.45, 7) is 0. The second kappa shape index (κ2) is 7.52. The number of carbonyl (C=O) groups is 1. The molecular weight excluding hydrogens is 365 g/mol. The molecule has 0 atom stereocenters. The van der Waals surface area contributed by atoms with Gasteiger partial charge in [-0.25, -0.2) is 9.18 Å². The molecule has 0 aliphatic heterocycles. The van der Waals surface area contributed by atoms with E-state index in [4.69, 9.17) is 4.74 Å². The fourth-order valence-electron chi connectivity index (χ4n) is 2.87. The maximum atomic E-state index is 14.2. The number of aromatic nitrogens is 3. The van der Waals surface area contributed by atoms with Crippen LogP contribution in [0.1, 0.15) is 34.8 Å². The number of benzene rings is 2. The molecule has 0 N–H and O–H groups in total. The topological polar surface area (TPSA) is 57.0 Å². The molecule has 2 aromatic carbocycles. The Labute approximate surface area is 160 Å². The molecule has 0 amide bonds. The molecule has 4 rings (SSSR count). The zero-order valence-electron chi connectivity index (χ0n) is 14.8. The number of rotatable bonds is 6. The van der Waals surface area contributed by atoms with E-state index in [0.717, 1.165) is 23.6 Å². The summed E-state index contributed by atoms with van der Waals surface area (Å²) in [5, 5.41) is 9.35. The van der Waals surface area contributed by atoms with E-state index in [1.165, 1.54) is 13.2 Å². The quantitative estimate of drug-likeness (QED) is 0.463. The SMILES string of the molecule is COC(=O)c1ccc(CSc2nnc(-c3ccccc3F)n2C2CC2)cc1. The zero-order valence-corrected chi connectivity index (χ0v) is 15.6. The first kappa shape index (κ1) is 17.7. The summed E-state index contributed by atoms with van der Waals surface area (Å²) in [6, 6.07) is 14.3. The molecule has 7 heteroatoms. The number of esters is 1. The molecule has 0 saturated heterocycles. The highest BCUT2D eigenvalue weighted by Gasteiger charge is 2.30. The second-order valence-electron chi connectivity index (χ2n) is 6.36. The highest BCUT2D eigenvalue weighted by molar-refractivity contribution is 7.98. The van der Waals surface area contributed by atoms with E-state index in [1.54, 1.807) is 42.1 Å². The van der Waals surface area contributed by atoms with Crippen LogP contribution in [0.4, 0.5) is 4.39 Å². The summed E-state index contributed by atoms with van der Waals surface area (Å²) in [7, 11) is 1.37. The maximum Gasteiger partial charge on any atom is 0.337 e. The Morgan fingerprint density at radius 1 is 1.19 bits per heavy atom. The Balaban J connectivity index is 1.55. The van der Waals surface area contributed by atoms with Crippen molar-refractivity contribution in [3.63, 3.8) is 0 Å². The first-order valence-electron chi connectivity index (χ1n) is 8.67. The van der Waals surface area contributed by atoms with Crippen LogP contribution in [-0.2, 0) is 10.5 Å². The molecule has 0 radical (unpaired) electrons. The smallest absolute Gasteiger partial charge is 0.337 e. The first-order valence-corrected chi connectivity index (χ1v) is 9.66. The average Bonchev–Trinajstić information content (AvgIpc) is 3.46. The number of hydrogen-bond donors (Lipinski definition) is 0. The van der Waals surface area contributed by atoms with Crippen LogP contribution in [-0.4, -0.2) is 27.8 Å². The van der Waals surface area contributed by atoms with Crippen LogP contribution in [0, 0.1) is 5.82 Å². The van der Waals surface area contributed by atoms with E-state index in [2.05, 4.69) is 10.2 Å². The Kier molecular flexibility index (Phi) is 4.94. The maximum absolute atomic E-state index is 14.2. The molecular formula is C20H18FN3O2S. The van der Waals surface area contributed by atoms with E-state index in [1.807, 2.05) is 16.7 Å². The van der Waals surface area contributed by atoms with Gasteiger partial charge in [0, 0.05) is 11.8 Å². The molecule has 1 saturated carbocycles. The largest absolute Gasteiger partial charge is 0.465 e. The molecule has 1 aliphatic rings. The molecule has 0 unspecified atom stereocenters. The minimum atomic E-state index is -0.350. The standard InChI is InChI=1S/C20H18FN3O2S/c1-26-19(25)14-8-6-13(7-9-14)12-27-20-23-22-18(24(20)15-10-11-15)16-4-2-3-5-17(16)21/h2-9,15H,10-12H2,1H3. The van der Waals surface area contributed by atoms with Crippen LogP contribution in [0.3, 0.4) is 0 Å². The van der Waals surface area contributed by atoms with Crippen molar-refractivity contribution in [1.29, 1.82) is 0 Å². The fraction of sp³-hybridized carbons (Fsp3) is 0.250. The van der Waals surface area contributed by atoms with Gasteiger partial charge < -0.3 is 4.74 Å². The highest BCUT2D eigenvalue weighted by atomic mass is 32.2. The molecule has 1 fully saturated rings. The molecule has 0 bridgehead atoms. The molecule has 5 nitrogen and oxygen atoms in total. The molecule has 3 aromatic rings. The van der Waals surface area contributed by atoms with Crippen molar-refractivity contribution in [3.05, 3.63) is 65.5 Å². The Bertz CT molecular complexity index is 968. The first-order chi connectivity index (χ1) is 13.2. The van der Waals surface area contributed by atoms with Gasteiger partial charge in [0.1, 0.15) is 5.82 Å². The Morgan fingerprint density at radius 2 is 1.93 bits per heavy atom. The van der Waals surface area contributed by atoms with Gasteiger partial charge in [-0.05, 0) is 42.7 Å². The lowest BCUT2D eigenvalue weighted by Gasteiger charge is -2.09. The number of ether oxygens (including phenoxy) is 1. The van der Waals surface area contributed by atoms with E-state index in [9.17, 15) is 9.18 Å². The molecule has 27 heavy (non-hydrogen) atoms. The van der Waals surface area contributed by atoms with Crippen molar-refractivity contribution in [3.8, 4) is 11.4 Å². The van der Waals surface area contributed by atoms with Gasteiger partial charge in [-0.3, -0.25) is 4.57 Å². The molecule has 1 heterocycles. The van der Waals surface area contributed by atoms with Crippen LogP contribution in [0.2, 0.25) is 0 Å². The summed E-state index contributed by atoms with van der Waals surface area (Å²) in [5.41, 5.74) is 2.06. The Morgan fingerprint density at radius 3 is 2.59 bits per heavy atom. The number of halogens is 1. The van der Waals surface area contributed by atoms with Gasteiger partial charge in [-0.1, -0.05) is 36.0 Å². The number of thioether (sulfide) groups is 1. The van der Waals surface area contributed by atoms with Gasteiger partial charge in [0.25, 0.3) is 0 Å². The van der Waals surface area contributed by atoms with Crippen LogP contribution in [0.25, 0.3) is 11.4 Å². The van der Waals surface area contributed by atoms with Crippen molar-refractivity contribution in [1.82, 2.24) is 14.8 Å². The summed E-state index contributed by atoms with van der Waals surface area (Å²) in [4.78, 5) is 11.5. The van der Waals surface area contributed by atoms with Crippen LogP contribution in [0.15, 0.2) is 53.7 Å². The molecule has 0 spiro atoms. The predicted octanol–water partition coefficient (Wildman–Crippen LogP) is 4.50. The number of nitrogens with zero attached hydrogens (tertiary/aromatic N) is 3. The van der Waals surface area contributed by atoms with Crippen LogP contribution in [0.5, 0.6) is 0 Å². The lowest BCUT2D eigenvalue weighted by Crippen LogP contribution is -2.01. The van der Waals surface area contributed by atoms with Crippen LogP contribution < -0.4 is 0 Å². The lowest BCUT2D eigenvalue weighted by atomic mass is 10.1. The van der Waals surface area contributed by atoms with Gasteiger partial charge in [-0.2, -0.15) is 0 Å². The molecule has 1 aliphatic carbocycles. The van der Waals surface area contributed by atoms with Crippen LogP contribution >= 0.6 is 11.8 Å². The summed E-state index contributed by atoms with van der Waals surface area (Å²) < 4.78 is 21.0. The summed E-state index contributed by atoms with van der Waals surface area (Å²) in [5.74, 6) is 0.627. The molecule has 138 valence electrons. The second-order valence-corrected chi connectivity index (χ2v) is 7.31. The van der Waals surface area contributed by atoms with E-state index < -0.39 is 0 Å².